The van der Waals surface area contributed by atoms with E-state index in [9.17, 15) is 5.21 Å². The van der Waals surface area contributed by atoms with Crippen molar-refractivity contribution < 1.29 is 9.48 Å². The van der Waals surface area contributed by atoms with Crippen LogP contribution in [-0.2, 0) is 4.74 Å². The molecule has 7 heavy (non-hydrogen) atoms. The third-order valence-electron chi connectivity index (χ3n) is 0.545. The van der Waals surface area contributed by atoms with Crippen LogP contribution in [-0.4, -0.2) is 31.7 Å². The Labute approximate surface area is 42.8 Å². The fourth-order valence-electron chi connectivity index (χ4n) is 0.193. The summed E-state index contributed by atoms with van der Waals surface area (Å²) < 4.78 is 5.16. The Bertz CT molecular complexity index is 62.7. The molecule has 0 saturated carbocycles. The molecule has 0 aliphatic rings. The molecule has 0 aromatic rings. The molecule has 0 amide bonds. The zero-order chi connectivity index (χ0) is 5.70. The maximum Gasteiger partial charge on any atom is 0.175 e. The van der Waals surface area contributed by atoms with Gasteiger partial charge in [-0.05, 0) is 0 Å². The van der Waals surface area contributed by atoms with E-state index >= 15 is 0 Å². The molecule has 0 saturated heterocycles. The first-order valence-corrected chi connectivity index (χ1v) is 2.01. The highest BCUT2D eigenvalue weighted by Crippen LogP contribution is 1.66. The average Bonchev–Trinajstić information content (AvgIpc) is 1.61. The molecule has 0 unspecified atom stereocenters. The molecular weight excluding hydrogens is 94.0 g/mol. The Morgan fingerprint density at radius 2 is 2.43 bits per heavy atom. The van der Waals surface area contributed by atoms with E-state index in [-0.39, 0.29) is 0 Å². The lowest BCUT2D eigenvalue weighted by Crippen LogP contribution is -2.07. The Balaban J connectivity index is 2.82. The van der Waals surface area contributed by atoms with Gasteiger partial charge in [-0.3, -0.25) is 0 Å². The lowest BCUT2D eigenvalue weighted by Gasteiger charge is -1.97. The van der Waals surface area contributed by atoms with Crippen LogP contribution in [0.2, 0.25) is 0 Å². The fraction of sp³-hybridized carbons (Fsp3) is 0.750. The van der Waals surface area contributed by atoms with E-state index in [0.717, 1.165) is 0 Å². The third-order valence-corrected chi connectivity index (χ3v) is 0.545. The van der Waals surface area contributed by atoms with Crippen LogP contribution in [0.4, 0.5) is 0 Å². The predicted octanol–water partition coefficient (Wildman–Crippen LogP) is -0.156. The first-order chi connectivity index (χ1) is 3.27. The number of methoxy groups -OCH3 is 1. The van der Waals surface area contributed by atoms with Crippen LogP contribution in [0.25, 0.3) is 0 Å². The highest BCUT2D eigenvalue weighted by atomic mass is 16.5. The smallest absolute Gasteiger partial charge is 0.175 e. The third kappa shape index (κ3) is 5.43. The predicted molar refractivity (Wildman–Crippen MR) is 27.5 cm³/mol. The van der Waals surface area contributed by atoms with E-state index in [2.05, 4.69) is 11.5 Å². The lowest BCUT2D eigenvalue weighted by molar-refractivity contribution is -0.452. The van der Waals surface area contributed by atoms with E-state index < -0.39 is 0 Å². The SMILES string of the molecule is C=[N+]([O-])CCOC. The largest absolute Gasteiger partial charge is 0.624 e. The second kappa shape index (κ2) is 3.61. The first kappa shape index (κ1) is 6.43. The van der Waals surface area contributed by atoms with Gasteiger partial charge in [0.05, 0.1) is 0 Å². The van der Waals surface area contributed by atoms with Crippen LogP contribution < -0.4 is 0 Å². The second-order valence-corrected chi connectivity index (χ2v) is 1.20. The van der Waals surface area contributed by atoms with Crippen molar-refractivity contribution in [2.45, 2.75) is 0 Å². The number of rotatable bonds is 3. The van der Waals surface area contributed by atoms with Crippen LogP contribution in [0, 0.1) is 5.21 Å². The van der Waals surface area contributed by atoms with Crippen molar-refractivity contribution in [1.82, 2.24) is 0 Å². The van der Waals surface area contributed by atoms with Gasteiger partial charge in [-0.25, -0.2) is 4.74 Å². The molecule has 3 nitrogen and oxygen atoms in total. The molecule has 0 fully saturated rings. The molecule has 0 aromatic heterocycles. The Morgan fingerprint density at radius 3 is 2.57 bits per heavy atom. The van der Waals surface area contributed by atoms with Crippen molar-refractivity contribution in [3.05, 3.63) is 5.21 Å². The van der Waals surface area contributed by atoms with Crippen molar-refractivity contribution >= 4 is 6.72 Å². The highest BCUT2D eigenvalue weighted by Gasteiger charge is 1.83. The summed E-state index contributed by atoms with van der Waals surface area (Å²) in [5.41, 5.74) is 0. The van der Waals surface area contributed by atoms with Crippen molar-refractivity contribution in [1.29, 1.82) is 0 Å². The molecule has 0 rings (SSSR count). The van der Waals surface area contributed by atoms with Crippen LogP contribution in [0.3, 0.4) is 0 Å². The van der Waals surface area contributed by atoms with Crippen LogP contribution in [0.15, 0.2) is 0 Å². The van der Waals surface area contributed by atoms with Gasteiger partial charge in [-0.1, -0.05) is 0 Å². The average molecular weight is 103 g/mol. The number of hydroxylamine groups is 1. The minimum Gasteiger partial charge on any atom is -0.624 e. The summed E-state index contributed by atoms with van der Waals surface area (Å²) in [5.74, 6) is 0. The van der Waals surface area contributed by atoms with E-state index in [1.807, 2.05) is 0 Å². The van der Waals surface area contributed by atoms with E-state index in [0.29, 0.717) is 17.9 Å². The number of hydrogen-bond donors (Lipinski definition) is 0. The van der Waals surface area contributed by atoms with Crippen LogP contribution in [0.5, 0.6) is 0 Å². The summed E-state index contributed by atoms with van der Waals surface area (Å²) in [5, 5.41) is 9.93. The number of nitrogens with zero attached hydrogens (tertiary/aromatic N) is 1. The van der Waals surface area contributed by atoms with Crippen molar-refractivity contribution in [2.24, 2.45) is 0 Å². The minimum absolute atomic E-state index is 0.344. The molecule has 0 aromatic carbocycles. The molecule has 42 valence electrons. The quantitative estimate of drug-likeness (QED) is 0.215. The Kier molecular flexibility index (Phi) is 3.32. The molecular formula is C4H9NO2. The van der Waals surface area contributed by atoms with E-state index in [1.54, 1.807) is 7.11 Å². The minimum atomic E-state index is 0.344. The summed E-state index contributed by atoms with van der Waals surface area (Å²) in [6.45, 7) is 3.87. The molecule has 0 aliphatic carbocycles. The lowest BCUT2D eigenvalue weighted by atomic mass is 10.7. The van der Waals surface area contributed by atoms with Crippen LogP contribution >= 0.6 is 0 Å². The maximum atomic E-state index is 9.93. The van der Waals surface area contributed by atoms with Crippen LogP contribution in [0.1, 0.15) is 0 Å². The van der Waals surface area contributed by atoms with Gasteiger partial charge in [-0.2, -0.15) is 0 Å². The summed E-state index contributed by atoms with van der Waals surface area (Å²) in [6, 6.07) is 0. The zero-order valence-corrected chi connectivity index (χ0v) is 4.39. The molecule has 0 bridgehead atoms. The zero-order valence-electron chi connectivity index (χ0n) is 4.39. The molecule has 3 heteroatoms. The van der Waals surface area contributed by atoms with E-state index in [4.69, 9.17) is 0 Å². The Hall–Kier alpha value is -0.570. The number of hydrogen-bond acceptors (Lipinski definition) is 2. The molecule has 0 atom stereocenters. The molecule has 0 aliphatic heterocycles. The fourth-order valence-corrected chi connectivity index (χ4v) is 0.193. The summed E-state index contributed by atoms with van der Waals surface area (Å²) >= 11 is 0. The topological polar surface area (TPSA) is 35.3 Å². The van der Waals surface area contributed by atoms with Gasteiger partial charge in [0.2, 0.25) is 0 Å². The van der Waals surface area contributed by atoms with Gasteiger partial charge in [0.25, 0.3) is 0 Å². The normalized spacial score (nSPS) is 8.71. The van der Waals surface area contributed by atoms with Crippen molar-refractivity contribution in [3.63, 3.8) is 0 Å². The van der Waals surface area contributed by atoms with Gasteiger partial charge in [0.15, 0.2) is 6.54 Å². The van der Waals surface area contributed by atoms with E-state index in [1.165, 1.54) is 0 Å². The first-order valence-electron chi connectivity index (χ1n) is 2.01. The van der Waals surface area contributed by atoms with Gasteiger partial charge < -0.3 is 9.94 Å². The Morgan fingerprint density at radius 1 is 1.86 bits per heavy atom. The summed E-state index contributed by atoms with van der Waals surface area (Å²) in [6.07, 6.45) is 0. The van der Waals surface area contributed by atoms with Gasteiger partial charge >= 0.3 is 0 Å². The highest BCUT2D eigenvalue weighted by molar-refractivity contribution is 5.14. The van der Waals surface area contributed by atoms with Gasteiger partial charge in [-0.15, -0.1) is 0 Å². The molecule has 0 radical (unpaired) electrons. The second-order valence-electron chi connectivity index (χ2n) is 1.20. The standard InChI is InChI=1S/C4H9NO2/c1-5(6)3-4-7-2/h1,3-4H2,2H3. The van der Waals surface area contributed by atoms with Crippen molar-refractivity contribution in [2.75, 3.05) is 20.3 Å². The molecule has 0 N–H and O–H groups in total. The molecule has 0 spiro atoms. The summed E-state index contributed by atoms with van der Waals surface area (Å²) in [7, 11) is 1.55. The number of ether oxygens (including phenoxy) is 1. The molecule has 0 heterocycles. The summed E-state index contributed by atoms with van der Waals surface area (Å²) in [4.78, 5) is 0. The van der Waals surface area contributed by atoms with Gasteiger partial charge in [0, 0.05) is 7.11 Å². The van der Waals surface area contributed by atoms with Crippen molar-refractivity contribution in [3.8, 4) is 0 Å². The monoisotopic (exact) mass is 103 g/mol. The maximum absolute atomic E-state index is 9.93. The van der Waals surface area contributed by atoms with Gasteiger partial charge in [0.1, 0.15) is 13.3 Å².